The quantitative estimate of drug-likeness (QED) is 0.684. The van der Waals surface area contributed by atoms with Crippen molar-refractivity contribution in [1.29, 1.82) is 0 Å². The van der Waals surface area contributed by atoms with E-state index in [0.717, 1.165) is 54.4 Å². The van der Waals surface area contributed by atoms with Crippen LogP contribution in [0.1, 0.15) is 25.6 Å². The van der Waals surface area contributed by atoms with Gasteiger partial charge in [-0.05, 0) is 63.6 Å². The molecule has 0 saturated carbocycles. The van der Waals surface area contributed by atoms with E-state index in [1.807, 2.05) is 36.8 Å². The molecule has 0 amide bonds. The summed E-state index contributed by atoms with van der Waals surface area (Å²) in [6.07, 6.45) is 7.92. The predicted molar refractivity (Wildman–Crippen MR) is 114 cm³/mol. The molecule has 3 heterocycles. The number of nitrogens with one attached hydrogen (secondary N) is 2. The lowest BCUT2D eigenvalue weighted by atomic mass is 10.1. The van der Waals surface area contributed by atoms with Crippen LogP contribution >= 0.6 is 0 Å². The first-order valence-electron chi connectivity index (χ1n) is 9.94. The highest BCUT2D eigenvalue weighted by molar-refractivity contribution is 5.79. The third-order valence-electron chi connectivity index (χ3n) is 5.03. The second kappa shape index (κ2) is 8.53. The average Bonchev–Trinajstić information content (AvgIpc) is 3.06. The van der Waals surface area contributed by atoms with Crippen LogP contribution in [0.5, 0.6) is 0 Å². The molecule has 0 aliphatic carbocycles. The summed E-state index contributed by atoms with van der Waals surface area (Å²) in [4.78, 5) is 13.9. The van der Waals surface area contributed by atoms with Crippen LogP contribution in [0.25, 0.3) is 28.8 Å². The number of aromatic nitrogens is 4. The first-order chi connectivity index (χ1) is 14.2. The first-order valence-corrected chi connectivity index (χ1v) is 9.94. The molecule has 2 aromatic heterocycles. The number of nitrogens with zero attached hydrogens (tertiary/aromatic N) is 4. The second-order valence-corrected chi connectivity index (χ2v) is 7.17. The maximum Gasteiger partial charge on any atom is 0.223 e. The molecule has 1 aliphatic rings. The molecule has 1 aliphatic heterocycles. The van der Waals surface area contributed by atoms with Gasteiger partial charge in [0.15, 0.2) is 0 Å². The number of hydrogen-bond donors (Lipinski definition) is 2. The molecular weight excluding hydrogens is 367 g/mol. The van der Waals surface area contributed by atoms with Gasteiger partial charge in [0, 0.05) is 30.5 Å². The van der Waals surface area contributed by atoms with Crippen molar-refractivity contribution >= 4 is 12.1 Å². The summed E-state index contributed by atoms with van der Waals surface area (Å²) in [6, 6.07) is 8.59. The Morgan fingerprint density at radius 3 is 2.76 bits per heavy atom. The van der Waals surface area contributed by atoms with Gasteiger partial charge in [0.25, 0.3) is 0 Å². The number of hydrogen-bond acceptors (Lipinski definition) is 5. The predicted octanol–water partition coefficient (Wildman–Crippen LogP) is 4.11. The first kappa shape index (κ1) is 19.3. The third kappa shape index (κ3) is 4.19. The van der Waals surface area contributed by atoms with E-state index in [1.54, 1.807) is 18.3 Å². The van der Waals surface area contributed by atoms with Crippen molar-refractivity contribution < 1.29 is 4.39 Å². The highest BCUT2D eigenvalue weighted by Gasteiger charge is 2.20. The normalized spacial score (nSPS) is 17.0. The molecule has 150 valence electrons. The van der Waals surface area contributed by atoms with Crippen molar-refractivity contribution in [2.45, 2.75) is 32.7 Å². The maximum absolute atomic E-state index is 13.4. The summed E-state index contributed by atoms with van der Waals surface area (Å²) in [6.45, 7) is 5.88. The lowest BCUT2D eigenvalue weighted by Crippen LogP contribution is -2.38. The molecule has 7 heteroatoms. The summed E-state index contributed by atoms with van der Waals surface area (Å²) in [7, 11) is 0. The van der Waals surface area contributed by atoms with Gasteiger partial charge in [-0.1, -0.05) is 6.08 Å². The van der Waals surface area contributed by atoms with Gasteiger partial charge in [-0.2, -0.15) is 0 Å². The molecule has 0 radical (unpaired) electrons. The van der Waals surface area contributed by atoms with Crippen molar-refractivity contribution in [3.05, 3.63) is 54.2 Å². The van der Waals surface area contributed by atoms with E-state index in [0.29, 0.717) is 12.0 Å². The van der Waals surface area contributed by atoms with Gasteiger partial charge < -0.3 is 15.2 Å². The van der Waals surface area contributed by atoms with Crippen LogP contribution in [-0.2, 0) is 0 Å². The lowest BCUT2D eigenvalue weighted by molar-refractivity contribution is 0.478. The van der Waals surface area contributed by atoms with Gasteiger partial charge in [0.05, 0.1) is 17.1 Å². The smallest absolute Gasteiger partial charge is 0.223 e. The van der Waals surface area contributed by atoms with Crippen LogP contribution in [0.2, 0.25) is 0 Å². The minimum Gasteiger partial charge on any atom is -0.350 e. The molecule has 3 aromatic rings. The van der Waals surface area contributed by atoms with Gasteiger partial charge in [0.2, 0.25) is 5.95 Å². The standard InChI is InChI=1S/C22H25FN6/c1-3-13-29-15(2)26-20(16-6-8-17(23)9-7-16)21(29)19-10-12-25-22(28-19)27-18-5-4-11-24-14-18/h3,6-10,12-13,18,24H,4-5,11,14H2,1-2H3,(H,25,27,28)/b13-3-. The van der Waals surface area contributed by atoms with E-state index < -0.39 is 0 Å². The summed E-state index contributed by atoms with van der Waals surface area (Å²) in [5.74, 6) is 1.17. The fourth-order valence-corrected chi connectivity index (χ4v) is 3.65. The van der Waals surface area contributed by atoms with Crippen LogP contribution in [0.4, 0.5) is 10.3 Å². The fraction of sp³-hybridized carbons (Fsp3) is 0.318. The van der Waals surface area contributed by atoms with E-state index in [2.05, 4.69) is 15.6 Å². The minimum absolute atomic E-state index is 0.269. The molecule has 6 nitrogen and oxygen atoms in total. The fourth-order valence-electron chi connectivity index (χ4n) is 3.65. The molecule has 4 rings (SSSR count). The Kier molecular flexibility index (Phi) is 5.67. The molecule has 1 atom stereocenters. The monoisotopic (exact) mass is 392 g/mol. The van der Waals surface area contributed by atoms with Crippen molar-refractivity contribution in [3.8, 4) is 22.6 Å². The zero-order valence-corrected chi connectivity index (χ0v) is 16.7. The largest absolute Gasteiger partial charge is 0.350 e. The van der Waals surface area contributed by atoms with Crippen LogP contribution in [0.3, 0.4) is 0 Å². The number of benzene rings is 1. The molecule has 1 aromatic carbocycles. The molecule has 1 unspecified atom stereocenters. The zero-order chi connectivity index (χ0) is 20.2. The molecular formula is C22H25FN6. The van der Waals surface area contributed by atoms with Crippen LogP contribution in [-0.4, -0.2) is 38.7 Å². The summed E-state index contributed by atoms with van der Waals surface area (Å²) in [5.41, 5.74) is 3.24. The van der Waals surface area contributed by atoms with Crippen molar-refractivity contribution in [3.63, 3.8) is 0 Å². The number of rotatable bonds is 5. The Labute approximate surface area is 169 Å². The molecule has 29 heavy (non-hydrogen) atoms. The van der Waals surface area contributed by atoms with E-state index in [-0.39, 0.29) is 5.82 Å². The topological polar surface area (TPSA) is 67.7 Å². The van der Waals surface area contributed by atoms with Gasteiger partial charge in [-0.15, -0.1) is 0 Å². The summed E-state index contributed by atoms with van der Waals surface area (Å²) in [5, 5.41) is 6.83. The van der Waals surface area contributed by atoms with E-state index in [1.165, 1.54) is 12.1 Å². The number of allylic oxidation sites excluding steroid dienone is 1. The Morgan fingerprint density at radius 1 is 1.21 bits per heavy atom. The maximum atomic E-state index is 13.4. The molecule has 0 bridgehead atoms. The van der Waals surface area contributed by atoms with Gasteiger partial charge in [-0.3, -0.25) is 0 Å². The molecule has 2 N–H and O–H groups in total. The van der Waals surface area contributed by atoms with E-state index in [4.69, 9.17) is 9.97 Å². The van der Waals surface area contributed by atoms with Crippen molar-refractivity contribution in [2.24, 2.45) is 0 Å². The molecule has 0 spiro atoms. The summed E-state index contributed by atoms with van der Waals surface area (Å²) >= 11 is 0. The van der Waals surface area contributed by atoms with Crippen LogP contribution < -0.4 is 10.6 Å². The van der Waals surface area contributed by atoms with Crippen molar-refractivity contribution in [2.75, 3.05) is 18.4 Å². The lowest BCUT2D eigenvalue weighted by Gasteiger charge is -2.23. The Balaban J connectivity index is 1.77. The molecule has 1 saturated heterocycles. The van der Waals surface area contributed by atoms with Gasteiger partial charge >= 0.3 is 0 Å². The van der Waals surface area contributed by atoms with E-state index in [9.17, 15) is 4.39 Å². The minimum atomic E-state index is -0.269. The van der Waals surface area contributed by atoms with Gasteiger partial charge in [0.1, 0.15) is 11.6 Å². The Morgan fingerprint density at radius 2 is 2.03 bits per heavy atom. The van der Waals surface area contributed by atoms with Gasteiger partial charge in [-0.25, -0.2) is 19.3 Å². The Hall–Kier alpha value is -3.06. The third-order valence-corrected chi connectivity index (χ3v) is 5.03. The zero-order valence-electron chi connectivity index (χ0n) is 16.7. The number of imidazole rings is 1. The number of halogens is 1. The highest BCUT2D eigenvalue weighted by Crippen LogP contribution is 2.32. The molecule has 1 fully saturated rings. The average molecular weight is 392 g/mol. The van der Waals surface area contributed by atoms with Crippen LogP contribution in [0.15, 0.2) is 42.6 Å². The summed E-state index contributed by atoms with van der Waals surface area (Å²) < 4.78 is 15.4. The number of aryl methyl sites for hydroxylation is 1. The number of anilines is 1. The van der Waals surface area contributed by atoms with Crippen LogP contribution in [0, 0.1) is 12.7 Å². The second-order valence-electron chi connectivity index (χ2n) is 7.17. The van der Waals surface area contributed by atoms with E-state index >= 15 is 0 Å². The number of piperidine rings is 1. The highest BCUT2D eigenvalue weighted by atomic mass is 19.1. The SMILES string of the molecule is C/C=C\n1c(C)nc(-c2ccc(F)cc2)c1-c1ccnc(NC2CCCNC2)n1. The van der Waals surface area contributed by atoms with Crippen molar-refractivity contribution in [1.82, 2.24) is 24.8 Å². The Bertz CT molecular complexity index is 1000.